The van der Waals surface area contributed by atoms with Crippen molar-refractivity contribution in [2.24, 2.45) is 0 Å². The number of hydrogen-bond donors (Lipinski definition) is 1. The number of nitrogens with zero attached hydrogens (tertiary/aromatic N) is 1. The Morgan fingerprint density at radius 2 is 2.00 bits per heavy atom. The Morgan fingerprint density at radius 3 is 2.67 bits per heavy atom. The predicted octanol–water partition coefficient (Wildman–Crippen LogP) is 2.08. The second-order valence-corrected chi connectivity index (χ2v) is 5.71. The highest BCUT2D eigenvalue weighted by Crippen LogP contribution is 2.27. The summed E-state index contributed by atoms with van der Waals surface area (Å²) < 4.78 is 10.5. The molecule has 1 atom stereocenters. The molecule has 0 aliphatic carbocycles. The maximum Gasteiger partial charge on any atom is 0.257 e. The number of carbonyl (C=O) groups excluding carboxylic acids is 1. The quantitative estimate of drug-likeness (QED) is 0.927. The molecule has 1 N–H and O–H groups in total. The molecule has 1 aliphatic heterocycles. The third-order valence-electron chi connectivity index (χ3n) is 3.99. The third kappa shape index (κ3) is 3.67. The van der Waals surface area contributed by atoms with Crippen LogP contribution in [-0.2, 0) is 0 Å². The number of aliphatic hydroxyl groups is 1. The molecular formula is C16H23NO4. The molecule has 1 aromatic carbocycles. The van der Waals surface area contributed by atoms with E-state index in [1.807, 2.05) is 6.92 Å². The summed E-state index contributed by atoms with van der Waals surface area (Å²) in [6.45, 7) is 3.02. The number of likely N-dealkylation sites (tertiary alicyclic amines) is 1. The average Bonchev–Trinajstić information content (AvgIpc) is 2.66. The number of benzene rings is 1. The van der Waals surface area contributed by atoms with E-state index in [-0.39, 0.29) is 5.91 Å². The number of ether oxygens (including phenoxy) is 2. The van der Waals surface area contributed by atoms with E-state index >= 15 is 0 Å². The van der Waals surface area contributed by atoms with Gasteiger partial charge in [0.15, 0.2) is 0 Å². The van der Waals surface area contributed by atoms with Gasteiger partial charge in [0, 0.05) is 13.1 Å². The molecule has 5 heteroatoms. The molecule has 0 saturated carbocycles. The zero-order valence-corrected chi connectivity index (χ0v) is 12.9. The van der Waals surface area contributed by atoms with Gasteiger partial charge >= 0.3 is 0 Å². The van der Waals surface area contributed by atoms with Crippen LogP contribution in [0.15, 0.2) is 18.2 Å². The summed E-state index contributed by atoms with van der Waals surface area (Å²) in [7, 11) is 3.12. The third-order valence-corrected chi connectivity index (χ3v) is 3.99. The predicted molar refractivity (Wildman–Crippen MR) is 79.9 cm³/mol. The van der Waals surface area contributed by atoms with Crippen molar-refractivity contribution in [3.05, 3.63) is 23.8 Å². The zero-order valence-electron chi connectivity index (χ0n) is 12.9. The van der Waals surface area contributed by atoms with Crippen LogP contribution < -0.4 is 9.47 Å². The van der Waals surface area contributed by atoms with Gasteiger partial charge in [0.25, 0.3) is 5.91 Å². The summed E-state index contributed by atoms with van der Waals surface area (Å²) in [5, 5.41) is 10.1. The molecule has 0 bridgehead atoms. The van der Waals surface area contributed by atoms with Crippen LogP contribution in [0.25, 0.3) is 0 Å². The van der Waals surface area contributed by atoms with Gasteiger partial charge in [-0.15, -0.1) is 0 Å². The van der Waals surface area contributed by atoms with Crippen molar-refractivity contribution in [2.45, 2.75) is 31.8 Å². The Hall–Kier alpha value is -1.75. The number of methoxy groups -OCH3 is 2. The van der Waals surface area contributed by atoms with E-state index in [1.165, 1.54) is 0 Å². The Kier molecular flexibility index (Phi) is 4.73. The first kappa shape index (κ1) is 15.6. The van der Waals surface area contributed by atoms with Gasteiger partial charge in [0.05, 0.1) is 25.4 Å². The number of amides is 1. The number of hydrogen-bond acceptors (Lipinski definition) is 4. The zero-order chi connectivity index (χ0) is 15.5. The van der Waals surface area contributed by atoms with Crippen LogP contribution in [0.2, 0.25) is 0 Å². The van der Waals surface area contributed by atoms with Crippen LogP contribution in [0.4, 0.5) is 0 Å². The van der Waals surface area contributed by atoms with Crippen LogP contribution in [0.3, 0.4) is 0 Å². The molecule has 1 fully saturated rings. The highest BCUT2D eigenvalue weighted by molar-refractivity contribution is 5.97. The fraction of sp³-hybridized carbons (Fsp3) is 0.562. The van der Waals surface area contributed by atoms with Crippen LogP contribution in [0.1, 0.15) is 36.5 Å². The van der Waals surface area contributed by atoms with Gasteiger partial charge in [0.2, 0.25) is 0 Å². The van der Waals surface area contributed by atoms with Crippen molar-refractivity contribution in [3.8, 4) is 11.5 Å². The van der Waals surface area contributed by atoms with Crippen molar-refractivity contribution in [2.75, 3.05) is 27.3 Å². The normalized spacial score (nSPS) is 22.6. The highest BCUT2D eigenvalue weighted by atomic mass is 16.5. The smallest absolute Gasteiger partial charge is 0.257 e. The van der Waals surface area contributed by atoms with Gasteiger partial charge in [-0.05, 0) is 44.4 Å². The first-order valence-electron chi connectivity index (χ1n) is 7.20. The van der Waals surface area contributed by atoms with E-state index in [4.69, 9.17) is 9.47 Å². The van der Waals surface area contributed by atoms with E-state index in [9.17, 15) is 9.90 Å². The molecule has 1 aliphatic rings. The van der Waals surface area contributed by atoms with Crippen molar-refractivity contribution in [1.82, 2.24) is 4.90 Å². The molecule has 1 aromatic rings. The summed E-state index contributed by atoms with van der Waals surface area (Å²) >= 11 is 0. The second kappa shape index (κ2) is 6.35. The summed E-state index contributed by atoms with van der Waals surface area (Å²) in [6.07, 6.45) is 2.10. The van der Waals surface area contributed by atoms with E-state index < -0.39 is 5.60 Å². The average molecular weight is 293 g/mol. The van der Waals surface area contributed by atoms with Crippen molar-refractivity contribution < 1.29 is 19.4 Å². The highest BCUT2D eigenvalue weighted by Gasteiger charge is 2.28. The minimum Gasteiger partial charge on any atom is -0.497 e. The molecule has 1 amide bonds. The number of rotatable bonds is 3. The van der Waals surface area contributed by atoms with Crippen LogP contribution in [0, 0.1) is 0 Å². The van der Waals surface area contributed by atoms with Gasteiger partial charge < -0.3 is 19.5 Å². The molecule has 0 radical (unpaired) electrons. The molecule has 1 unspecified atom stereocenters. The van der Waals surface area contributed by atoms with Crippen LogP contribution in [-0.4, -0.2) is 48.8 Å². The molecule has 1 saturated heterocycles. The molecule has 0 aromatic heterocycles. The Bertz CT molecular complexity index is 513. The second-order valence-electron chi connectivity index (χ2n) is 5.71. The van der Waals surface area contributed by atoms with E-state index in [2.05, 4.69) is 0 Å². The van der Waals surface area contributed by atoms with Gasteiger partial charge in [-0.1, -0.05) is 0 Å². The summed E-state index contributed by atoms with van der Waals surface area (Å²) in [5.74, 6) is 1.08. The maximum absolute atomic E-state index is 12.7. The lowest BCUT2D eigenvalue weighted by molar-refractivity contribution is 0.0437. The molecule has 5 nitrogen and oxygen atoms in total. The fourth-order valence-electron chi connectivity index (χ4n) is 2.62. The van der Waals surface area contributed by atoms with Crippen molar-refractivity contribution >= 4 is 5.91 Å². The van der Waals surface area contributed by atoms with Crippen LogP contribution in [0.5, 0.6) is 11.5 Å². The lowest BCUT2D eigenvalue weighted by atomic mass is 9.98. The Balaban J connectivity index is 2.23. The lowest BCUT2D eigenvalue weighted by Gasteiger charge is -2.23. The van der Waals surface area contributed by atoms with E-state index in [1.54, 1.807) is 37.3 Å². The van der Waals surface area contributed by atoms with Gasteiger partial charge in [0.1, 0.15) is 11.5 Å². The molecule has 0 spiro atoms. The van der Waals surface area contributed by atoms with Gasteiger partial charge in [-0.25, -0.2) is 0 Å². The molecular weight excluding hydrogens is 270 g/mol. The first-order valence-corrected chi connectivity index (χ1v) is 7.20. The Labute approximate surface area is 125 Å². The van der Waals surface area contributed by atoms with Crippen LogP contribution >= 0.6 is 0 Å². The molecule has 1 heterocycles. The Morgan fingerprint density at radius 1 is 1.24 bits per heavy atom. The van der Waals surface area contributed by atoms with Crippen molar-refractivity contribution in [3.63, 3.8) is 0 Å². The topological polar surface area (TPSA) is 59.0 Å². The summed E-state index contributed by atoms with van der Waals surface area (Å²) in [5.41, 5.74) is -0.188. The molecule has 21 heavy (non-hydrogen) atoms. The first-order chi connectivity index (χ1) is 9.96. The largest absolute Gasteiger partial charge is 0.497 e. The monoisotopic (exact) mass is 293 g/mol. The van der Waals surface area contributed by atoms with E-state index in [0.717, 1.165) is 6.42 Å². The minimum atomic E-state index is -0.687. The number of carbonyl (C=O) groups is 1. The lowest BCUT2D eigenvalue weighted by Crippen LogP contribution is -2.33. The van der Waals surface area contributed by atoms with Gasteiger partial charge in [-0.2, -0.15) is 0 Å². The van der Waals surface area contributed by atoms with E-state index in [0.29, 0.717) is 43.0 Å². The molecule has 116 valence electrons. The minimum absolute atomic E-state index is 0.0801. The van der Waals surface area contributed by atoms with Gasteiger partial charge in [-0.3, -0.25) is 4.79 Å². The van der Waals surface area contributed by atoms with Crippen molar-refractivity contribution in [1.29, 1.82) is 0 Å². The summed E-state index contributed by atoms with van der Waals surface area (Å²) in [6, 6.07) is 5.20. The molecule has 2 rings (SSSR count). The summed E-state index contributed by atoms with van der Waals surface area (Å²) in [4.78, 5) is 14.5. The SMILES string of the molecule is COc1ccc(OC)c(C(=O)N2CCCC(C)(O)CC2)c1. The maximum atomic E-state index is 12.7. The standard InChI is InChI=1S/C16H23NO4/c1-16(19)7-4-9-17(10-8-16)15(18)13-11-12(20-2)5-6-14(13)21-3/h5-6,11,19H,4,7-10H2,1-3H3. The fourth-order valence-corrected chi connectivity index (χ4v) is 2.62.